The number of pyridine rings is 1. The smallest absolute Gasteiger partial charge is 0.319 e. The predicted molar refractivity (Wildman–Crippen MR) is 101 cm³/mol. The molecule has 1 unspecified atom stereocenters. The Labute approximate surface area is 154 Å². The lowest BCUT2D eigenvalue weighted by Gasteiger charge is -2.21. The highest BCUT2D eigenvalue weighted by atomic mass is 32.2. The van der Waals surface area contributed by atoms with Crippen LogP contribution in [0, 0.1) is 5.92 Å². The van der Waals surface area contributed by atoms with E-state index in [1.165, 1.54) is 19.2 Å². The first-order chi connectivity index (χ1) is 12.3. The molecule has 0 fully saturated rings. The number of anilines is 1. The Morgan fingerprint density at radius 1 is 1.19 bits per heavy atom. The third kappa shape index (κ3) is 5.53. The molecule has 0 radical (unpaired) electrons. The minimum atomic E-state index is -3.57. The molecule has 0 saturated heterocycles. The van der Waals surface area contributed by atoms with Gasteiger partial charge in [0.05, 0.1) is 10.9 Å². The van der Waals surface area contributed by atoms with Gasteiger partial charge in [0.1, 0.15) is 0 Å². The predicted octanol–water partition coefficient (Wildman–Crippen LogP) is 2.90. The van der Waals surface area contributed by atoms with Crippen LogP contribution in [-0.4, -0.2) is 26.5 Å². The molecule has 0 aliphatic carbocycles. The summed E-state index contributed by atoms with van der Waals surface area (Å²) in [6.45, 7) is 4.16. The molecule has 1 atom stereocenters. The lowest BCUT2D eigenvalue weighted by atomic mass is 9.98. The normalized spacial score (nSPS) is 12.6. The Balaban J connectivity index is 2.12. The summed E-state index contributed by atoms with van der Waals surface area (Å²) < 4.78 is 26.0. The summed E-state index contributed by atoms with van der Waals surface area (Å²) in [7, 11) is -2.23. The van der Waals surface area contributed by atoms with E-state index >= 15 is 0 Å². The van der Waals surface area contributed by atoms with Crippen LogP contribution in [0.2, 0.25) is 0 Å². The molecule has 0 aliphatic rings. The Kier molecular flexibility index (Phi) is 6.70. The second kappa shape index (κ2) is 8.77. The van der Waals surface area contributed by atoms with Gasteiger partial charge in [0.25, 0.3) is 0 Å². The number of urea groups is 1. The summed E-state index contributed by atoms with van der Waals surface area (Å²) >= 11 is 0. The van der Waals surface area contributed by atoms with Gasteiger partial charge in [0.2, 0.25) is 10.0 Å². The second-order valence-electron chi connectivity index (χ2n) is 6.30. The maximum atomic E-state index is 12.4. The van der Waals surface area contributed by atoms with E-state index in [-0.39, 0.29) is 10.9 Å². The Morgan fingerprint density at radius 2 is 1.96 bits per heavy atom. The summed E-state index contributed by atoms with van der Waals surface area (Å²) in [6, 6.07) is 9.24. The molecule has 7 nitrogen and oxygen atoms in total. The average molecular weight is 376 g/mol. The third-order valence-electron chi connectivity index (χ3n) is 3.77. The molecule has 3 N–H and O–H groups in total. The van der Waals surface area contributed by atoms with Crippen molar-refractivity contribution < 1.29 is 13.2 Å². The van der Waals surface area contributed by atoms with Crippen LogP contribution in [0.5, 0.6) is 0 Å². The number of hydrogen-bond donors (Lipinski definition) is 3. The van der Waals surface area contributed by atoms with Gasteiger partial charge in [-0.25, -0.2) is 17.9 Å². The zero-order chi connectivity index (χ0) is 19.2. The molecule has 2 amide bonds. The largest absolute Gasteiger partial charge is 0.331 e. The fourth-order valence-corrected chi connectivity index (χ4v) is 3.29. The van der Waals surface area contributed by atoms with E-state index < -0.39 is 16.1 Å². The maximum Gasteiger partial charge on any atom is 0.319 e. The van der Waals surface area contributed by atoms with Crippen molar-refractivity contribution in [1.29, 1.82) is 0 Å². The number of carbonyl (C=O) groups is 1. The molecule has 1 heterocycles. The summed E-state index contributed by atoms with van der Waals surface area (Å²) in [6.07, 6.45) is 4.17. The topological polar surface area (TPSA) is 100 Å². The number of carbonyl (C=O) groups excluding carboxylic acids is 1. The summed E-state index contributed by atoms with van der Waals surface area (Å²) in [5, 5.41) is 5.62. The van der Waals surface area contributed by atoms with Crippen LogP contribution in [0.15, 0.2) is 53.7 Å². The number of nitrogens with one attached hydrogen (secondary N) is 3. The number of aromatic nitrogens is 1. The minimum Gasteiger partial charge on any atom is -0.331 e. The van der Waals surface area contributed by atoms with Gasteiger partial charge in [0, 0.05) is 18.1 Å². The highest BCUT2D eigenvalue weighted by Gasteiger charge is 2.17. The monoisotopic (exact) mass is 376 g/mol. The van der Waals surface area contributed by atoms with Gasteiger partial charge in [-0.1, -0.05) is 26.0 Å². The molecule has 8 heteroatoms. The van der Waals surface area contributed by atoms with Crippen molar-refractivity contribution >= 4 is 21.7 Å². The molecule has 2 aromatic rings. The highest BCUT2D eigenvalue weighted by molar-refractivity contribution is 7.89. The summed E-state index contributed by atoms with van der Waals surface area (Å²) in [5.74, 6) is 0.379. The van der Waals surface area contributed by atoms with Gasteiger partial charge in [-0.3, -0.25) is 4.98 Å². The fourth-order valence-electron chi connectivity index (χ4n) is 2.52. The number of nitrogens with zero attached hydrogens (tertiary/aromatic N) is 1. The SMILES string of the molecule is CNS(=O)(=O)c1cccc(NC(=O)NC(CC(C)C)c2cccnc2)c1. The van der Waals surface area contributed by atoms with Crippen LogP contribution in [0.25, 0.3) is 0 Å². The van der Waals surface area contributed by atoms with Crippen molar-refractivity contribution in [1.82, 2.24) is 15.0 Å². The first-order valence-corrected chi connectivity index (χ1v) is 9.81. The van der Waals surface area contributed by atoms with E-state index in [2.05, 4.69) is 34.2 Å². The van der Waals surface area contributed by atoms with E-state index in [1.54, 1.807) is 24.5 Å². The molecule has 26 heavy (non-hydrogen) atoms. The number of sulfonamides is 1. The van der Waals surface area contributed by atoms with Crippen molar-refractivity contribution in [3.63, 3.8) is 0 Å². The lowest BCUT2D eigenvalue weighted by molar-refractivity contribution is 0.246. The summed E-state index contributed by atoms with van der Waals surface area (Å²) in [5.41, 5.74) is 1.32. The summed E-state index contributed by atoms with van der Waals surface area (Å²) in [4.78, 5) is 16.6. The zero-order valence-corrected chi connectivity index (χ0v) is 15.9. The molecule has 0 saturated carbocycles. The van der Waals surface area contributed by atoms with E-state index in [9.17, 15) is 13.2 Å². The third-order valence-corrected chi connectivity index (χ3v) is 5.18. The van der Waals surface area contributed by atoms with E-state index in [0.29, 0.717) is 11.6 Å². The number of amides is 2. The molecule has 140 valence electrons. The van der Waals surface area contributed by atoms with Gasteiger partial charge in [-0.15, -0.1) is 0 Å². The first-order valence-electron chi connectivity index (χ1n) is 8.33. The molecule has 1 aromatic heterocycles. The zero-order valence-electron chi connectivity index (χ0n) is 15.1. The molecular weight excluding hydrogens is 352 g/mol. The average Bonchev–Trinajstić information content (AvgIpc) is 2.61. The van der Waals surface area contributed by atoms with E-state index in [1.807, 2.05) is 12.1 Å². The van der Waals surface area contributed by atoms with Crippen molar-refractivity contribution in [3.05, 3.63) is 54.4 Å². The van der Waals surface area contributed by atoms with E-state index in [4.69, 9.17) is 0 Å². The van der Waals surface area contributed by atoms with Crippen molar-refractivity contribution in [2.24, 2.45) is 5.92 Å². The van der Waals surface area contributed by atoms with Crippen LogP contribution in [0.1, 0.15) is 31.9 Å². The van der Waals surface area contributed by atoms with Gasteiger partial charge >= 0.3 is 6.03 Å². The molecule has 2 rings (SSSR count). The molecule has 0 spiro atoms. The molecule has 0 aliphatic heterocycles. The van der Waals surface area contributed by atoms with E-state index in [0.717, 1.165) is 12.0 Å². The Bertz CT molecular complexity index is 839. The van der Waals surface area contributed by atoms with Crippen LogP contribution in [0.3, 0.4) is 0 Å². The molecular formula is C18H24N4O3S. The number of hydrogen-bond acceptors (Lipinski definition) is 4. The van der Waals surface area contributed by atoms with Crippen molar-refractivity contribution in [3.8, 4) is 0 Å². The van der Waals surface area contributed by atoms with Crippen LogP contribution >= 0.6 is 0 Å². The Morgan fingerprint density at radius 3 is 2.58 bits per heavy atom. The van der Waals surface area contributed by atoms with Gasteiger partial charge < -0.3 is 10.6 Å². The number of rotatable bonds is 7. The van der Waals surface area contributed by atoms with Crippen LogP contribution in [-0.2, 0) is 10.0 Å². The number of benzene rings is 1. The van der Waals surface area contributed by atoms with Gasteiger partial charge in [-0.2, -0.15) is 0 Å². The quantitative estimate of drug-likeness (QED) is 0.692. The minimum absolute atomic E-state index is 0.0868. The second-order valence-corrected chi connectivity index (χ2v) is 8.19. The highest BCUT2D eigenvalue weighted by Crippen LogP contribution is 2.21. The molecule has 1 aromatic carbocycles. The fraction of sp³-hybridized carbons (Fsp3) is 0.333. The molecule has 0 bridgehead atoms. The van der Waals surface area contributed by atoms with Crippen molar-refractivity contribution in [2.75, 3.05) is 12.4 Å². The van der Waals surface area contributed by atoms with Crippen molar-refractivity contribution in [2.45, 2.75) is 31.2 Å². The Hall–Kier alpha value is -2.45. The van der Waals surface area contributed by atoms with Gasteiger partial charge in [0.15, 0.2) is 0 Å². The standard InChI is InChI=1S/C18H24N4O3S/c1-13(2)10-17(14-6-5-9-20-12-14)22-18(23)21-15-7-4-8-16(11-15)26(24,25)19-3/h4-9,11-13,17,19H,10H2,1-3H3,(H2,21,22,23). The van der Waals surface area contributed by atoms with Crippen LogP contribution < -0.4 is 15.4 Å². The van der Waals surface area contributed by atoms with Crippen LogP contribution in [0.4, 0.5) is 10.5 Å². The lowest BCUT2D eigenvalue weighted by Crippen LogP contribution is -2.33. The maximum absolute atomic E-state index is 12.4. The van der Waals surface area contributed by atoms with Gasteiger partial charge in [-0.05, 0) is 49.2 Å². The first kappa shape index (κ1) is 19.9.